The topological polar surface area (TPSA) is 93.1 Å². The van der Waals surface area contributed by atoms with Crippen LogP contribution < -0.4 is 9.47 Å². The predicted octanol–water partition coefficient (Wildman–Crippen LogP) is 4.45. The van der Waals surface area contributed by atoms with Crippen molar-refractivity contribution in [3.8, 4) is 11.5 Å². The highest BCUT2D eigenvalue weighted by molar-refractivity contribution is 7.99. The molecule has 0 spiro atoms. The fourth-order valence-electron chi connectivity index (χ4n) is 2.56. The third-order valence-electron chi connectivity index (χ3n) is 4.02. The van der Waals surface area contributed by atoms with Gasteiger partial charge in [-0.15, -0.1) is 24.4 Å². The molecule has 2 aromatic rings. The molecule has 1 atom stereocenters. The molecule has 2 N–H and O–H groups in total. The number of esters is 1. The fraction of sp³-hybridized carbons (Fsp3) is 0.364. The summed E-state index contributed by atoms with van der Waals surface area (Å²) in [6, 6.07) is 14.7. The number of hydrogen-bond donors (Lipinski definition) is 3. The van der Waals surface area contributed by atoms with Crippen molar-refractivity contribution in [2.45, 2.75) is 48.0 Å². The van der Waals surface area contributed by atoms with Crippen molar-refractivity contribution in [2.75, 3.05) is 12.4 Å². The van der Waals surface area contributed by atoms with Gasteiger partial charge < -0.3 is 19.7 Å². The lowest BCUT2D eigenvalue weighted by Crippen LogP contribution is -2.18. The molecule has 0 saturated heterocycles. The van der Waals surface area contributed by atoms with E-state index in [9.17, 15) is 14.7 Å². The largest absolute Gasteiger partial charge is 0.493 e. The number of carbonyl (C=O) groups excluding carboxylic acids is 1. The Morgan fingerprint density at radius 1 is 1.07 bits per heavy atom. The van der Waals surface area contributed by atoms with Gasteiger partial charge in [-0.3, -0.25) is 9.59 Å². The van der Waals surface area contributed by atoms with Crippen molar-refractivity contribution in [1.82, 2.24) is 0 Å². The van der Waals surface area contributed by atoms with Crippen LogP contribution in [-0.2, 0) is 9.59 Å². The number of hydrogen-bond acceptors (Lipinski definition) is 7. The van der Waals surface area contributed by atoms with E-state index >= 15 is 0 Å². The highest BCUT2D eigenvalue weighted by Gasteiger charge is 2.14. The van der Waals surface area contributed by atoms with Gasteiger partial charge in [0.05, 0.1) is 19.1 Å². The summed E-state index contributed by atoms with van der Waals surface area (Å²) in [5, 5.41) is 18.7. The lowest BCUT2D eigenvalue weighted by molar-refractivity contribution is -0.137. The Morgan fingerprint density at radius 2 is 1.80 bits per heavy atom. The van der Waals surface area contributed by atoms with Gasteiger partial charge in [-0.05, 0) is 43.5 Å². The lowest BCUT2D eigenvalue weighted by Gasteiger charge is -2.12. The van der Waals surface area contributed by atoms with Gasteiger partial charge in [0, 0.05) is 28.0 Å². The van der Waals surface area contributed by atoms with Crippen LogP contribution in [0.4, 0.5) is 0 Å². The maximum Gasteiger partial charge on any atom is 0.313 e. The number of rotatable bonds is 13. The van der Waals surface area contributed by atoms with E-state index in [4.69, 9.17) is 14.6 Å². The summed E-state index contributed by atoms with van der Waals surface area (Å²) >= 11 is 5.91. The monoisotopic (exact) mass is 450 g/mol. The Bertz CT molecular complexity index is 813. The van der Waals surface area contributed by atoms with Crippen LogP contribution in [0.1, 0.15) is 32.1 Å². The fourth-order valence-corrected chi connectivity index (χ4v) is 3.79. The lowest BCUT2D eigenvalue weighted by atomic mass is 10.2. The number of thioether (sulfide) groups is 1. The summed E-state index contributed by atoms with van der Waals surface area (Å²) in [6.45, 7) is 0.357. The first-order valence-corrected chi connectivity index (χ1v) is 11.1. The average molecular weight is 451 g/mol. The molecule has 1 unspecified atom stereocenters. The number of benzene rings is 2. The van der Waals surface area contributed by atoms with Gasteiger partial charge in [-0.1, -0.05) is 18.2 Å². The van der Waals surface area contributed by atoms with Gasteiger partial charge in [-0.25, -0.2) is 0 Å². The summed E-state index contributed by atoms with van der Waals surface area (Å²) in [5.41, 5.74) is 0. The van der Waals surface area contributed by atoms with Crippen molar-refractivity contribution in [3.05, 3.63) is 48.5 Å². The molecular formula is C22H26O6S2. The normalized spacial score (nSPS) is 11.7. The predicted molar refractivity (Wildman–Crippen MR) is 119 cm³/mol. The maximum atomic E-state index is 12.1. The smallest absolute Gasteiger partial charge is 0.313 e. The van der Waals surface area contributed by atoms with Crippen LogP contribution in [0.3, 0.4) is 0 Å². The van der Waals surface area contributed by atoms with Gasteiger partial charge in [-0.2, -0.15) is 0 Å². The Kier molecular flexibility index (Phi) is 10.6. The molecule has 6 nitrogen and oxygen atoms in total. The molecule has 0 saturated carbocycles. The van der Waals surface area contributed by atoms with Crippen LogP contribution in [0.5, 0.6) is 11.5 Å². The number of ether oxygens (including phenoxy) is 2. The maximum absolute atomic E-state index is 12.1. The Morgan fingerprint density at radius 3 is 2.53 bits per heavy atom. The molecule has 0 amide bonds. The van der Waals surface area contributed by atoms with Crippen molar-refractivity contribution >= 4 is 36.3 Å². The molecule has 0 aliphatic carbocycles. The zero-order valence-corrected chi connectivity index (χ0v) is 18.2. The molecule has 2 rings (SSSR count). The van der Waals surface area contributed by atoms with E-state index < -0.39 is 18.0 Å². The number of carboxylic acid groups (broad SMARTS) is 1. The molecule has 0 radical (unpaired) electrons. The molecule has 0 bridgehead atoms. The second-order valence-corrected chi connectivity index (χ2v) is 8.33. The van der Waals surface area contributed by atoms with E-state index in [0.717, 1.165) is 4.90 Å². The number of aliphatic carboxylic acids is 1. The summed E-state index contributed by atoms with van der Waals surface area (Å²) in [5.74, 6) is 0.116. The first-order valence-electron chi connectivity index (χ1n) is 9.67. The second-order valence-electron chi connectivity index (χ2n) is 6.64. The first-order chi connectivity index (χ1) is 14.4. The quantitative estimate of drug-likeness (QED) is 0.136. The van der Waals surface area contributed by atoms with Crippen LogP contribution in [0.2, 0.25) is 0 Å². The number of carbonyl (C=O) groups is 2. The SMILES string of the molecule is O=C(O)CCCCOc1cc(S)cc(OC(=O)CC(O)CCSc2ccccc2)c1. The molecule has 0 aliphatic rings. The third kappa shape index (κ3) is 10.0. The molecule has 30 heavy (non-hydrogen) atoms. The van der Waals surface area contributed by atoms with Crippen LogP contribution in [0, 0.1) is 0 Å². The molecule has 2 aromatic carbocycles. The van der Waals surface area contributed by atoms with E-state index in [1.54, 1.807) is 30.0 Å². The number of aliphatic hydroxyl groups excluding tert-OH is 1. The molecule has 0 aromatic heterocycles. The average Bonchev–Trinajstić information content (AvgIpc) is 2.67. The highest BCUT2D eigenvalue weighted by atomic mass is 32.2. The summed E-state index contributed by atoms with van der Waals surface area (Å²) in [4.78, 5) is 24.3. The first kappa shape index (κ1) is 24.1. The standard InChI is InChI=1S/C22H26O6S2/c23-16(9-11-30-20-6-2-1-3-7-20)12-22(26)28-18-13-17(14-19(29)15-18)27-10-5-4-8-21(24)25/h1-3,6-7,13-16,23,29H,4-5,8-12H2,(H,24,25). The molecule has 162 valence electrons. The van der Waals surface area contributed by atoms with Crippen molar-refractivity contribution in [3.63, 3.8) is 0 Å². The molecule has 0 fully saturated rings. The minimum absolute atomic E-state index is 0.0997. The number of carboxylic acids is 1. The van der Waals surface area contributed by atoms with Gasteiger partial charge in [0.15, 0.2) is 0 Å². The van der Waals surface area contributed by atoms with Crippen molar-refractivity contribution in [1.29, 1.82) is 0 Å². The van der Waals surface area contributed by atoms with Crippen molar-refractivity contribution < 1.29 is 29.3 Å². The zero-order valence-electron chi connectivity index (χ0n) is 16.5. The minimum Gasteiger partial charge on any atom is -0.493 e. The minimum atomic E-state index is -0.831. The highest BCUT2D eigenvalue weighted by Crippen LogP contribution is 2.26. The van der Waals surface area contributed by atoms with Gasteiger partial charge in [0.25, 0.3) is 0 Å². The van der Waals surface area contributed by atoms with Gasteiger partial charge in [0.2, 0.25) is 0 Å². The van der Waals surface area contributed by atoms with E-state index in [0.29, 0.717) is 48.0 Å². The van der Waals surface area contributed by atoms with Crippen LogP contribution in [0.25, 0.3) is 0 Å². The Hall–Kier alpha value is -2.16. The summed E-state index contributed by atoms with van der Waals surface area (Å²) in [6.07, 6.45) is 0.829. The van der Waals surface area contributed by atoms with Crippen LogP contribution in [0.15, 0.2) is 58.3 Å². The number of unbranched alkanes of at least 4 members (excludes halogenated alkanes) is 1. The molecule has 8 heteroatoms. The summed E-state index contributed by atoms with van der Waals surface area (Å²) < 4.78 is 10.9. The van der Waals surface area contributed by atoms with Gasteiger partial charge in [0.1, 0.15) is 11.5 Å². The molecule has 0 heterocycles. The van der Waals surface area contributed by atoms with E-state index in [1.165, 1.54) is 0 Å². The number of thiol groups is 1. The second kappa shape index (κ2) is 13.2. The third-order valence-corrected chi connectivity index (χ3v) is 5.32. The van der Waals surface area contributed by atoms with Crippen LogP contribution in [-0.4, -0.2) is 40.6 Å². The Labute approximate surface area is 186 Å². The van der Waals surface area contributed by atoms with Crippen molar-refractivity contribution in [2.24, 2.45) is 0 Å². The van der Waals surface area contributed by atoms with Crippen LogP contribution >= 0.6 is 24.4 Å². The zero-order chi connectivity index (χ0) is 21.8. The molecule has 0 aliphatic heterocycles. The Balaban J connectivity index is 1.74. The van der Waals surface area contributed by atoms with Gasteiger partial charge >= 0.3 is 11.9 Å². The van der Waals surface area contributed by atoms with E-state index in [2.05, 4.69) is 12.6 Å². The summed E-state index contributed by atoms with van der Waals surface area (Å²) in [7, 11) is 0. The molecular weight excluding hydrogens is 424 g/mol. The number of aliphatic hydroxyl groups is 1. The van der Waals surface area contributed by atoms with E-state index in [-0.39, 0.29) is 12.8 Å². The van der Waals surface area contributed by atoms with E-state index in [1.807, 2.05) is 30.3 Å².